The van der Waals surface area contributed by atoms with Crippen molar-refractivity contribution in [3.8, 4) is 11.5 Å². The molecule has 0 spiro atoms. The molecule has 0 radical (unpaired) electrons. The van der Waals surface area contributed by atoms with E-state index in [4.69, 9.17) is 11.6 Å². The first-order valence-electron chi connectivity index (χ1n) is 8.47. The number of H-pyrrole nitrogens is 1. The average molecular weight is 361 g/mol. The third kappa shape index (κ3) is 3.58. The van der Waals surface area contributed by atoms with Crippen molar-refractivity contribution in [2.75, 3.05) is 0 Å². The molecule has 0 aliphatic carbocycles. The molecule has 6 nitrogen and oxygen atoms in total. The molecular formula is C18H21ClN4O2. The fraction of sp³-hybridized carbons (Fsp3) is 0.444. The summed E-state index contributed by atoms with van der Waals surface area (Å²) in [7, 11) is 0. The van der Waals surface area contributed by atoms with Crippen molar-refractivity contribution in [1.29, 1.82) is 0 Å². The van der Waals surface area contributed by atoms with Crippen molar-refractivity contribution in [3.63, 3.8) is 0 Å². The second kappa shape index (κ2) is 6.96. The molecule has 132 valence electrons. The van der Waals surface area contributed by atoms with Gasteiger partial charge in [0.1, 0.15) is 0 Å². The number of aromatic amines is 1. The summed E-state index contributed by atoms with van der Waals surface area (Å²) in [5, 5.41) is 0.622. The van der Waals surface area contributed by atoms with Gasteiger partial charge >= 0.3 is 5.69 Å². The number of benzene rings is 1. The summed E-state index contributed by atoms with van der Waals surface area (Å²) in [4.78, 5) is 34.5. The van der Waals surface area contributed by atoms with Crippen LogP contribution in [0.2, 0.25) is 5.02 Å². The normalized spacial score (nSPS) is 11.7. The Bertz CT molecular complexity index is 1010. The topological polar surface area (TPSA) is 80.6 Å². The Morgan fingerprint density at radius 2 is 1.96 bits per heavy atom. The van der Waals surface area contributed by atoms with Gasteiger partial charge in [-0.3, -0.25) is 9.78 Å². The largest absolute Gasteiger partial charge is 0.349 e. The van der Waals surface area contributed by atoms with Crippen LogP contribution in [0.15, 0.2) is 21.7 Å². The second-order valence-corrected chi connectivity index (χ2v) is 7.19. The molecule has 25 heavy (non-hydrogen) atoms. The van der Waals surface area contributed by atoms with Gasteiger partial charge in [0.05, 0.1) is 11.0 Å². The predicted octanol–water partition coefficient (Wildman–Crippen LogP) is 3.37. The van der Waals surface area contributed by atoms with E-state index in [0.717, 1.165) is 30.3 Å². The molecule has 0 amide bonds. The molecule has 0 unspecified atom stereocenters. The molecule has 0 saturated heterocycles. The average Bonchev–Trinajstić information content (AvgIpc) is 2.53. The molecule has 2 aliphatic heterocycles. The number of nitrogens with one attached hydrogen (secondary N) is 1. The molecule has 0 atom stereocenters. The lowest BCUT2D eigenvalue weighted by Gasteiger charge is -2.17. The van der Waals surface area contributed by atoms with Gasteiger partial charge in [-0.1, -0.05) is 38.3 Å². The summed E-state index contributed by atoms with van der Waals surface area (Å²) in [5.74, 6) is 0.952. The molecule has 2 aliphatic rings. The summed E-state index contributed by atoms with van der Waals surface area (Å²) < 4.78 is 1.89. The van der Waals surface area contributed by atoms with Crippen molar-refractivity contribution in [3.05, 3.63) is 43.6 Å². The van der Waals surface area contributed by atoms with Gasteiger partial charge in [-0.15, -0.1) is 0 Å². The van der Waals surface area contributed by atoms with E-state index in [9.17, 15) is 9.59 Å². The van der Waals surface area contributed by atoms with Gasteiger partial charge in [-0.05, 0) is 37.0 Å². The molecule has 0 bridgehead atoms. The third-order valence-electron chi connectivity index (χ3n) is 4.30. The highest BCUT2D eigenvalue weighted by Gasteiger charge is 2.19. The molecule has 0 fully saturated rings. The maximum atomic E-state index is 12.2. The zero-order chi connectivity index (χ0) is 18.1. The van der Waals surface area contributed by atoms with E-state index in [1.165, 1.54) is 0 Å². The van der Waals surface area contributed by atoms with Crippen molar-refractivity contribution in [2.45, 2.75) is 46.6 Å². The molecule has 1 aromatic rings. The molecule has 3 rings (SSSR count). The number of aryl methyl sites for hydroxylation is 2. The van der Waals surface area contributed by atoms with Crippen molar-refractivity contribution in [2.24, 2.45) is 5.92 Å². The van der Waals surface area contributed by atoms with Crippen LogP contribution in [-0.2, 0) is 6.54 Å². The minimum atomic E-state index is -0.659. The third-order valence-corrected chi connectivity index (χ3v) is 4.71. The highest BCUT2D eigenvalue weighted by Crippen LogP contribution is 2.26. The minimum Gasteiger partial charge on any atom is -0.322 e. The van der Waals surface area contributed by atoms with Crippen molar-refractivity contribution >= 4 is 22.6 Å². The SMILES string of the molecule is Cc1cc2nc3c(=O)[nH]c(=O)nc-3n(CCCCC(C)C)c2cc1Cl. The molecule has 1 N–H and O–H groups in total. The highest BCUT2D eigenvalue weighted by molar-refractivity contribution is 6.32. The first-order valence-corrected chi connectivity index (χ1v) is 8.85. The minimum absolute atomic E-state index is 0.178. The number of fused-ring (bicyclic) bond motifs is 2. The van der Waals surface area contributed by atoms with E-state index in [1.54, 1.807) is 0 Å². The Morgan fingerprint density at radius 3 is 2.68 bits per heavy atom. The molecular weight excluding hydrogens is 340 g/mol. The number of hydrogen-bond donors (Lipinski definition) is 1. The lowest BCUT2D eigenvalue weighted by molar-refractivity contribution is 0.512. The Morgan fingerprint density at radius 1 is 1.20 bits per heavy atom. The van der Waals surface area contributed by atoms with Crippen molar-refractivity contribution in [1.82, 2.24) is 19.5 Å². The summed E-state index contributed by atoms with van der Waals surface area (Å²) in [6, 6.07) is 3.68. The first kappa shape index (κ1) is 17.6. The van der Waals surface area contributed by atoms with Gasteiger partial charge in [0.25, 0.3) is 5.56 Å². The Hall–Kier alpha value is -2.21. The Labute approximate surface area is 150 Å². The smallest absolute Gasteiger partial charge is 0.322 e. The van der Waals surface area contributed by atoms with Gasteiger partial charge in [0.2, 0.25) is 0 Å². The van der Waals surface area contributed by atoms with E-state index in [-0.39, 0.29) is 5.69 Å². The maximum Gasteiger partial charge on any atom is 0.349 e. The van der Waals surface area contributed by atoms with E-state index in [0.29, 0.717) is 28.8 Å². The molecule has 0 saturated carbocycles. The Balaban J connectivity index is 2.19. The fourth-order valence-electron chi connectivity index (χ4n) is 2.97. The van der Waals surface area contributed by atoms with Crippen LogP contribution in [-0.4, -0.2) is 19.5 Å². The van der Waals surface area contributed by atoms with E-state index < -0.39 is 11.2 Å². The number of rotatable bonds is 5. The number of halogens is 1. The van der Waals surface area contributed by atoms with Crippen LogP contribution in [0.4, 0.5) is 0 Å². The molecule has 7 heteroatoms. The number of hydrogen-bond acceptors (Lipinski definition) is 4. The summed E-state index contributed by atoms with van der Waals surface area (Å²) >= 11 is 6.29. The zero-order valence-electron chi connectivity index (χ0n) is 14.6. The van der Waals surface area contributed by atoms with Gasteiger partial charge in [0.15, 0.2) is 11.5 Å². The van der Waals surface area contributed by atoms with Crippen LogP contribution in [0.25, 0.3) is 22.6 Å². The zero-order valence-corrected chi connectivity index (χ0v) is 15.4. The van der Waals surface area contributed by atoms with E-state index in [2.05, 4.69) is 28.8 Å². The summed E-state index contributed by atoms with van der Waals surface area (Å²) in [5.41, 5.74) is 1.34. The van der Waals surface area contributed by atoms with Crippen LogP contribution >= 0.6 is 11.6 Å². The molecule has 2 heterocycles. The standard InChI is InChI=1S/C18H21ClN4O2/c1-10(2)6-4-5-7-23-14-9-12(19)11(3)8-13(14)20-15-16(23)21-18(25)22-17(15)24/h8-10H,4-7H2,1-3H3,(H,22,24,25). The molecule has 0 aromatic heterocycles. The fourth-order valence-corrected chi connectivity index (χ4v) is 3.13. The first-order chi connectivity index (χ1) is 11.9. The van der Waals surface area contributed by atoms with Crippen LogP contribution in [0, 0.1) is 12.8 Å². The van der Waals surface area contributed by atoms with Gasteiger partial charge in [-0.25, -0.2) is 9.78 Å². The number of unbranched alkanes of at least 4 members (excludes halogenated alkanes) is 1. The van der Waals surface area contributed by atoms with Crippen molar-refractivity contribution < 1.29 is 0 Å². The van der Waals surface area contributed by atoms with Crippen LogP contribution in [0.1, 0.15) is 38.7 Å². The highest BCUT2D eigenvalue weighted by atomic mass is 35.5. The number of nitrogens with zero attached hydrogens (tertiary/aromatic N) is 3. The molecule has 1 aromatic carbocycles. The second-order valence-electron chi connectivity index (χ2n) is 6.79. The Kier molecular flexibility index (Phi) is 4.90. The lowest BCUT2D eigenvalue weighted by Crippen LogP contribution is -2.29. The van der Waals surface area contributed by atoms with Crippen LogP contribution in [0.3, 0.4) is 0 Å². The monoisotopic (exact) mass is 360 g/mol. The van der Waals surface area contributed by atoms with Crippen LogP contribution < -0.4 is 11.2 Å². The van der Waals surface area contributed by atoms with Gasteiger partial charge < -0.3 is 4.57 Å². The van der Waals surface area contributed by atoms with Gasteiger partial charge in [-0.2, -0.15) is 4.98 Å². The van der Waals surface area contributed by atoms with Crippen LogP contribution in [0.5, 0.6) is 0 Å². The predicted molar refractivity (Wildman–Crippen MR) is 99.5 cm³/mol. The quantitative estimate of drug-likeness (QED) is 0.558. The number of aromatic nitrogens is 4. The summed E-state index contributed by atoms with van der Waals surface area (Å²) in [6.45, 7) is 6.93. The van der Waals surface area contributed by atoms with E-state index in [1.807, 2.05) is 23.6 Å². The van der Waals surface area contributed by atoms with E-state index >= 15 is 0 Å². The maximum absolute atomic E-state index is 12.2. The van der Waals surface area contributed by atoms with Gasteiger partial charge in [0, 0.05) is 11.6 Å². The lowest BCUT2D eigenvalue weighted by atomic mass is 10.1. The summed E-state index contributed by atoms with van der Waals surface area (Å²) in [6.07, 6.45) is 3.11.